The highest BCUT2D eigenvalue weighted by Gasteiger charge is 2.14. The highest BCUT2D eigenvalue weighted by Crippen LogP contribution is 2.16. The number of amides is 1. The normalized spacial score (nSPS) is 13.2. The molecule has 0 aliphatic heterocycles. The van der Waals surface area contributed by atoms with E-state index >= 15 is 0 Å². The summed E-state index contributed by atoms with van der Waals surface area (Å²) in [7, 11) is 0. The summed E-state index contributed by atoms with van der Waals surface area (Å²) in [4.78, 5) is 21.4. The summed E-state index contributed by atoms with van der Waals surface area (Å²) < 4.78 is 0. The second kappa shape index (κ2) is 8.17. The van der Waals surface area contributed by atoms with Gasteiger partial charge in [-0.25, -0.2) is 0 Å². The van der Waals surface area contributed by atoms with Crippen LogP contribution in [0.5, 0.6) is 0 Å². The van der Waals surface area contributed by atoms with Gasteiger partial charge < -0.3 is 11.1 Å². The predicted octanol–water partition coefficient (Wildman–Crippen LogP) is 1.80. The molecule has 5 heteroatoms. The van der Waals surface area contributed by atoms with Crippen molar-refractivity contribution in [1.82, 2.24) is 5.32 Å². The molecule has 0 aromatic rings. The summed E-state index contributed by atoms with van der Waals surface area (Å²) in [5.74, 6) is -0.103. The molecule has 0 rings (SSSR count). The first-order valence-corrected chi connectivity index (χ1v) is 6.19. The molecule has 0 fully saturated rings. The quantitative estimate of drug-likeness (QED) is 0.503. The average molecular weight is 243 g/mol. The molecule has 0 aliphatic rings. The summed E-state index contributed by atoms with van der Waals surface area (Å²) in [5.41, 5.74) is 5.94. The molecule has 0 heterocycles. The lowest BCUT2D eigenvalue weighted by Gasteiger charge is -2.19. The first-order valence-electron chi connectivity index (χ1n) is 6.19. The van der Waals surface area contributed by atoms with Gasteiger partial charge in [0.2, 0.25) is 5.91 Å². The maximum absolute atomic E-state index is 11.6. The van der Waals surface area contributed by atoms with E-state index in [0.29, 0.717) is 25.9 Å². The minimum absolute atomic E-state index is 0.103. The van der Waals surface area contributed by atoms with E-state index in [1.54, 1.807) is 0 Å². The number of rotatable bonds is 8. The number of hydrogen-bond acceptors (Lipinski definition) is 4. The zero-order chi connectivity index (χ0) is 13.3. The van der Waals surface area contributed by atoms with Crippen LogP contribution in [0.4, 0.5) is 0 Å². The zero-order valence-corrected chi connectivity index (χ0v) is 11.2. The van der Waals surface area contributed by atoms with Gasteiger partial charge in [-0.15, -0.1) is 0 Å². The van der Waals surface area contributed by atoms with Gasteiger partial charge in [-0.3, -0.25) is 4.79 Å². The van der Waals surface area contributed by atoms with Crippen molar-refractivity contribution in [3.05, 3.63) is 4.91 Å². The topological polar surface area (TPSA) is 84.6 Å². The largest absolute Gasteiger partial charge is 0.355 e. The minimum atomic E-state index is -0.471. The zero-order valence-electron chi connectivity index (χ0n) is 11.2. The standard InChI is InChI=1S/C12H25N3O2/c1-12(2,3)7-9-14-11(16)10(13)6-4-5-8-15-17/h10H,4-9,13H2,1-3H3,(H,14,16)/t10-/m1/s1. The van der Waals surface area contributed by atoms with E-state index in [1.165, 1.54) is 0 Å². The van der Waals surface area contributed by atoms with E-state index in [2.05, 4.69) is 31.3 Å². The lowest BCUT2D eigenvalue weighted by atomic mass is 9.92. The molecule has 0 saturated heterocycles. The minimum Gasteiger partial charge on any atom is -0.355 e. The Morgan fingerprint density at radius 3 is 2.53 bits per heavy atom. The molecular weight excluding hydrogens is 218 g/mol. The molecule has 3 N–H and O–H groups in total. The third kappa shape index (κ3) is 9.93. The van der Waals surface area contributed by atoms with Crippen molar-refractivity contribution in [3.8, 4) is 0 Å². The summed E-state index contributed by atoms with van der Waals surface area (Å²) >= 11 is 0. The van der Waals surface area contributed by atoms with E-state index in [4.69, 9.17) is 5.73 Å². The van der Waals surface area contributed by atoms with Crippen LogP contribution < -0.4 is 11.1 Å². The van der Waals surface area contributed by atoms with Crippen molar-refractivity contribution in [3.63, 3.8) is 0 Å². The number of nitroso groups, excluding NO2 is 1. The van der Waals surface area contributed by atoms with Crippen LogP contribution >= 0.6 is 0 Å². The number of nitrogens with zero attached hydrogens (tertiary/aromatic N) is 1. The summed E-state index contributed by atoms with van der Waals surface area (Å²) in [6, 6.07) is -0.471. The fourth-order valence-corrected chi connectivity index (χ4v) is 1.36. The van der Waals surface area contributed by atoms with Crippen LogP contribution in [-0.2, 0) is 4.79 Å². The lowest BCUT2D eigenvalue weighted by molar-refractivity contribution is -0.122. The van der Waals surface area contributed by atoms with Crippen molar-refractivity contribution in [2.45, 2.75) is 52.5 Å². The predicted molar refractivity (Wildman–Crippen MR) is 69.6 cm³/mol. The van der Waals surface area contributed by atoms with Crippen LogP contribution in [0.25, 0.3) is 0 Å². The maximum atomic E-state index is 11.6. The molecule has 0 aromatic heterocycles. The van der Waals surface area contributed by atoms with E-state index in [9.17, 15) is 9.70 Å². The van der Waals surface area contributed by atoms with E-state index in [1.807, 2.05) is 0 Å². The molecule has 0 spiro atoms. The first kappa shape index (κ1) is 16.0. The number of unbranched alkanes of at least 4 members (excludes halogenated alkanes) is 1. The first-order chi connectivity index (χ1) is 7.87. The Hall–Kier alpha value is -0.970. The highest BCUT2D eigenvalue weighted by molar-refractivity contribution is 5.81. The van der Waals surface area contributed by atoms with Gasteiger partial charge in [-0.05, 0) is 31.1 Å². The molecular formula is C12H25N3O2. The molecule has 0 aliphatic carbocycles. The maximum Gasteiger partial charge on any atom is 0.236 e. The van der Waals surface area contributed by atoms with E-state index < -0.39 is 6.04 Å². The van der Waals surface area contributed by atoms with Crippen molar-refractivity contribution >= 4 is 5.91 Å². The van der Waals surface area contributed by atoms with Gasteiger partial charge in [-0.2, -0.15) is 4.91 Å². The Bertz CT molecular complexity index is 236. The van der Waals surface area contributed by atoms with Crippen LogP contribution in [0.3, 0.4) is 0 Å². The molecule has 1 amide bonds. The second-order valence-corrected chi connectivity index (χ2v) is 5.56. The Labute approximate surface area is 103 Å². The number of nitrogens with two attached hydrogens (primary N) is 1. The van der Waals surface area contributed by atoms with Crippen molar-refractivity contribution in [2.75, 3.05) is 13.1 Å². The summed E-state index contributed by atoms with van der Waals surface area (Å²) in [6.07, 6.45) is 3.00. The fraction of sp³-hybridized carbons (Fsp3) is 0.917. The Morgan fingerprint density at radius 2 is 2.00 bits per heavy atom. The SMILES string of the molecule is CC(C)(C)CCNC(=O)[C@H](N)CCCCN=O. The molecule has 1 atom stereocenters. The van der Waals surface area contributed by atoms with Gasteiger partial charge in [0.25, 0.3) is 0 Å². The second-order valence-electron chi connectivity index (χ2n) is 5.56. The van der Waals surface area contributed by atoms with Crippen LogP contribution in [0.1, 0.15) is 46.5 Å². The van der Waals surface area contributed by atoms with Gasteiger partial charge in [0, 0.05) is 6.54 Å². The van der Waals surface area contributed by atoms with Gasteiger partial charge >= 0.3 is 0 Å². The average Bonchev–Trinajstić information content (AvgIpc) is 2.22. The Morgan fingerprint density at radius 1 is 1.35 bits per heavy atom. The van der Waals surface area contributed by atoms with Crippen molar-refractivity contribution in [2.24, 2.45) is 16.3 Å². The van der Waals surface area contributed by atoms with Gasteiger partial charge in [-0.1, -0.05) is 25.9 Å². The Balaban J connectivity index is 3.64. The van der Waals surface area contributed by atoms with Gasteiger partial charge in [0.15, 0.2) is 0 Å². The number of carbonyl (C=O) groups is 1. The van der Waals surface area contributed by atoms with Gasteiger partial charge in [0.1, 0.15) is 0 Å². The fourth-order valence-electron chi connectivity index (χ4n) is 1.36. The molecule has 100 valence electrons. The Kier molecular flexibility index (Phi) is 7.70. The smallest absolute Gasteiger partial charge is 0.236 e. The number of hydrogen-bond donors (Lipinski definition) is 2. The van der Waals surface area contributed by atoms with E-state index in [0.717, 1.165) is 12.8 Å². The third-order valence-corrected chi connectivity index (χ3v) is 2.53. The molecule has 17 heavy (non-hydrogen) atoms. The lowest BCUT2D eigenvalue weighted by Crippen LogP contribution is -2.41. The van der Waals surface area contributed by atoms with Crippen molar-refractivity contribution in [1.29, 1.82) is 0 Å². The third-order valence-electron chi connectivity index (χ3n) is 2.53. The van der Waals surface area contributed by atoms with Crippen LogP contribution in [0.2, 0.25) is 0 Å². The monoisotopic (exact) mass is 243 g/mol. The molecule has 0 unspecified atom stereocenters. The molecule has 0 bridgehead atoms. The van der Waals surface area contributed by atoms with Crippen LogP contribution in [0.15, 0.2) is 5.18 Å². The summed E-state index contributed by atoms with van der Waals surface area (Å²) in [6.45, 7) is 7.35. The summed E-state index contributed by atoms with van der Waals surface area (Å²) in [5, 5.41) is 5.59. The molecule has 0 aromatic carbocycles. The molecule has 5 nitrogen and oxygen atoms in total. The number of carbonyl (C=O) groups excluding carboxylic acids is 1. The molecule has 0 radical (unpaired) electrons. The van der Waals surface area contributed by atoms with Crippen LogP contribution in [-0.4, -0.2) is 25.0 Å². The van der Waals surface area contributed by atoms with Crippen LogP contribution in [0, 0.1) is 10.3 Å². The number of nitrogens with one attached hydrogen (secondary N) is 1. The van der Waals surface area contributed by atoms with Crippen molar-refractivity contribution < 1.29 is 4.79 Å². The molecule has 0 saturated carbocycles. The van der Waals surface area contributed by atoms with Gasteiger partial charge in [0.05, 0.1) is 12.6 Å². The highest BCUT2D eigenvalue weighted by atomic mass is 16.3. The van der Waals surface area contributed by atoms with E-state index in [-0.39, 0.29) is 11.3 Å².